The van der Waals surface area contributed by atoms with Crippen molar-refractivity contribution in [3.63, 3.8) is 0 Å². The van der Waals surface area contributed by atoms with Crippen molar-refractivity contribution in [1.82, 2.24) is 19.5 Å². The molecule has 9 nitrogen and oxygen atoms in total. The van der Waals surface area contributed by atoms with Gasteiger partial charge in [-0.05, 0) is 15.9 Å². The van der Waals surface area contributed by atoms with Crippen LogP contribution in [-0.2, 0) is 4.74 Å². The second-order valence-corrected chi connectivity index (χ2v) is 5.08. The summed E-state index contributed by atoms with van der Waals surface area (Å²) >= 11 is 3.19. The molecule has 0 bridgehead atoms. The Hall–Kier alpha value is -1.33. The number of rotatable bonds is 2. The minimum atomic E-state index is -1.31. The first-order valence-corrected chi connectivity index (χ1v) is 6.56. The van der Waals surface area contributed by atoms with Crippen LogP contribution in [-0.4, -0.2) is 59.8 Å². The first-order chi connectivity index (χ1) is 9.95. The van der Waals surface area contributed by atoms with Crippen molar-refractivity contribution in [3.05, 3.63) is 16.5 Å². The number of H-pyrrole nitrogens is 1. The van der Waals surface area contributed by atoms with Crippen molar-refractivity contribution in [1.29, 1.82) is 5.41 Å². The van der Waals surface area contributed by atoms with Crippen molar-refractivity contribution in [2.24, 2.45) is 0 Å². The second-order valence-electron chi connectivity index (χ2n) is 4.37. The molecule has 0 radical (unpaired) electrons. The molecule has 0 aliphatic carbocycles. The van der Waals surface area contributed by atoms with Gasteiger partial charge in [0, 0.05) is 0 Å². The van der Waals surface area contributed by atoms with Crippen molar-refractivity contribution >= 4 is 27.1 Å². The zero-order valence-electron chi connectivity index (χ0n) is 11.0. The Bertz CT molecular complexity index is 749. The summed E-state index contributed by atoms with van der Waals surface area (Å²) in [6.07, 6.45) is -3.43. The number of fused-ring (bicyclic) bond motifs is 1. The molecule has 108 valence electrons. The third-order valence-electron chi connectivity index (χ3n) is 3.21. The van der Waals surface area contributed by atoms with E-state index in [1.807, 2.05) is 0 Å². The Balaban J connectivity index is 2.20. The molecule has 3 heterocycles. The Kier molecular flexibility index (Phi) is 3.04. The van der Waals surface area contributed by atoms with E-state index in [-0.39, 0.29) is 21.4 Å². The van der Waals surface area contributed by atoms with Crippen LogP contribution in [0.25, 0.3) is 11.2 Å². The summed E-state index contributed by atoms with van der Waals surface area (Å²) in [5.74, 6) is 0. The number of aromatic nitrogens is 4. The lowest BCUT2D eigenvalue weighted by Crippen LogP contribution is -2.33. The minimum absolute atomic E-state index is 0.125. The first kappa shape index (κ1) is 12.4. The highest BCUT2D eigenvalue weighted by atomic mass is 79.9. The number of ether oxygens (including phenoxy) is 1. The van der Waals surface area contributed by atoms with Crippen LogP contribution in [0.5, 0.6) is 0 Å². The molecule has 3 rings (SSSR count). The molecule has 4 atom stereocenters. The van der Waals surface area contributed by atoms with Crippen LogP contribution in [0.15, 0.2) is 11.1 Å². The number of imidazole rings is 1. The second kappa shape index (κ2) is 4.90. The largest absolute Gasteiger partial charge is 0.394 e. The van der Waals surface area contributed by atoms with E-state index in [0.717, 1.165) is 11.3 Å². The maximum Gasteiger partial charge on any atom is 0.181 e. The lowest BCUT2D eigenvalue weighted by Gasteiger charge is -2.17. The van der Waals surface area contributed by atoms with E-state index < -0.39 is 31.1 Å². The molecule has 20 heavy (non-hydrogen) atoms. The number of hydrogen-bond donors (Lipinski definition) is 5. The highest BCUT2D eigenvalue weighted by Crippen LogP contribution is 2.33. The molecule has 1 saturated heterocycles. The van der Waals surface area contributed by atoms with Gasteiger partial charge < -0.3 is 25.0 Å². The summed E-state index contributed by atoms with van der Waals surface area (Å²) in [5, 5.41) is 36.8. The molecule has 0 aromatic carbocycles. The number of aliphatic hydroxyl groups excluding tert-OH is 3. The van der Waals surface area contributed by atoms with Gasteiger partial charge in [0.1, 0.15) is 24.0 Å². The normalized spacial score (nSPS) is 30.9. The van der Waals surface area contributed by atoms with Gasteiger partial charge in [0.15, 0.2) is 23.4 Å². The number of aromatic amines is 1. The summed E-state index contributed by atoms with van der Waals surface area (Å²) in [7, 11) is 0. The molecule has 5 N–H and O–H groups in total. The molecular weight excluding hydrogens is 334 g/mol. The fraction of sp³-hybridized carbons (Fsp3) is 0.500. The third kappa shape index (κ3) is 1.88. The average molecular weight is 347 g/mol. The molecular formula is C10H12BrN5O4. The van der Waals surface area contributed by atoms with Gasteiger partial charge in [0.05, 0.1) is 12.9 Å². The molecule has 10 heteroatoms. The highest BCUT2D eigenvalue weighted by Gasteiger charge is 2.44. The predicted molar refractivity (Wildman–Crippen MR) is 68.4 cm³/mol. The monoisotopic (exact) mass is 346 g/mol. The molecule has 2 aromatic heterocycles. The highest BCUT2D eigenvalue weighted by molar-refractivity contribution is 9.10. The smallest absolute Gasteiger partial charge is 0.181 e. The molecule has 2 aromatic rings. The fourth-order valence-corrected chi connectivity index (χ4v) is 2.75. The van der Waals surface area contributed by atoms with Crippen molar-refractivity contribution in [2.75, 3.05) is 6.61 Å². The predicted octanol–water partition coefficient (Wildman–Crippen LogP) is -1.39. The van der Waals surface area contributed by atoms with E-state index in [1.54, 1.807) is 0 Å². The van der Waals surface area contributed by atoms with Gasteiger partial charge in [-0.2, -0.15) is 0 Å². The van der Waals surface area contributed by atoms with Gasteiger partial charge in [-0.3, -0.25) is 9.98 Å². The number of hydrogen-bond acceptors (Lipinski definition) is 7. The van der Waals surface area contributed by atoms with Crippen LogP contribution in [0.4, 0.5) is 0 Å². The van der Waals surface area contributed by atoms with Gasteiger partial charge >= 0.3 is 0 Å². The molecule has 1 aliphatic heterocycles. The lowest BCUT2D eigenvalue weighted by atomic mass is 10.1. The van der Waals surface area contributed by atoms with Gasteiger partial charge in [0.2, 0.25) is 0 Å². The van der Waals surface area contributed by atoms with Crippen LogP contribution in [0.1, 0.15) is 6.23 Å². The Morgan fingerprint density at radius 2 is 2.30 bits per heavy atom. The third-order valence-corrected chi connectivity index (χ3v) is 3.77. The Labute approximate surface area is 122 Å². The van der Waals surface area contributed by atoms with E-state index in [4.69, 9.17) is 16.7 Å². The van der Waals surface area contributed by atoms with Crippen molar-refractivity contribution in [3.8, 4) is 0 Å². The topological polar surface area (TPSA) is 140 Å². The van der Waals surface area contributed by atoms with Crippen LogP contribution in [0.2, 0.25) is 1.41 Å². The van der Waals surface area contributed by atoms with Gasteiger partial charge in [0.25, 0.3) is 0 Å². The molecule has 1 aliphatic rings. The molecule has 0 unspecified atom stereocenters. The summed E-state index contributed by atoms with van der Waals surface area (Å²) in [6, 6.07) is 0. The summed E-state index contributed by atoms with van der Waals surface area (Å²) < 4.78 is 14.8. The summed E-state index contributed by atoms with van der Waals surface area (Å²) in [6.45, 7) is -0.453. The lowest BCUT2D eigenvalue weighted by molar-refractivity contribution is -0.0521. The van der Waals surface area contributed by atoms with E-state index in [0.29, 0.717) is 0 Å². The SMILES string of the molecule is [2H]n1cnc(=N)c2nc(Br)n([C@@H]3O[C@H](CO)[C@@H](O)[C@H]3O)c21. The van der Waals surface area contributed by atoms with Gasteiger partial charge in [-0.15, -0.1) is 0 Å². The fourth-order valence-electron chi connectivity index (χ4n) is 2.20. The molecule has 1 fully saturated rings. The van der Waals surface area contributed by atoms with E-state index in [2.05, 4.69) is 25.9 Å². The maximum atomic E-state index is 10.1. The minimum Gasteiger partial charge on any atom is -0.394 e. The Morgan fingerprint density at radius 1 is 1.55 bits per heavy atom. The van der Waals surface area contributed by atoms with E-state index in [1.165, 1.54) is 4.57 Å². The standard InChI is InChI=1S/C10H12BrN5O4/c11-10-15-4-7(12)13-2-14-8(4)16(10)9-6(19)5(18)3(1-17)20-9/h2-3,5-6,9,17-19H,1H2,(H2,12,13,14)/t3-,5-,6-,9-/m1/s1/i/hD. The number of aliphatic hydroxyl groups is 3. The number of nitrogens with one attached hydrogen (secondary N) is 2. The Morgan fingerprint density at radius 3 is 2.95 bits per heavy atom. The molecule has 0 saturated carbocycles. The van der Waals surface area contributed by atoms with Crippen molar-refractivity contribution < 1.29 is 21.5 Å². The van der Waals surface area contributed by atoms with Crippen LogP contribution in [0, 0.1) is 5.41 Å². The van der Waals surface area contributed by atoms with Gasteiger partial charge in [-0.25, -0.2) is 9.97 Å². The van der Waals surface area contributed by atoms with Crippen LogP contribution >= 0.6 is 15.9 Å². The number of halogens is 1. The van der Waals surface area contributed by atoms with Gasteiger partial charge in [-0.1, -0.05) is 0 Å². The van der Waals surface area contributed by atoms with Crippen LogP contribution in [0.3, 0.4) is 0 Å². The molecule has 0 spiro atoms. The zero-order valence-corrected chi connectivity index (χ0v) is 11.6. The summed E-state index contributed by atoms with van der Waals surface area (Å²) in [4.78, 5) is 8.68. The van der Waals surface area contributed by atoms with E-state index in [9.17, 15) is 10.2 Å². The number of nitrogens with zero attached hydrogens (tertiary/aromatic N) is 3. The van der Waals surface area contributed by atoms with Crippen LogP contribution < -0.4 is 5.49 Å². The first-order valence-electron chi connectivity index (χ1n) is 6.21. The van der Waals surface area contributed by atoms with E-state index >= 15 is 0 Å². The quantitative estimate of drug-likeness (QED) is 0.424. The molecule has 0 amide bonds. The average Bonchev–Trinajstić information content (AvgIpc) is 2.94. The maximum absolute atomic E-state index is 10.1. The zero-order chi connectivity index (χ0) is 15.3. The van der Waals surface area contributed by atoms with Crippen molar-refractivity contribution in [2.45, 2.75) is 24.5 Å². The summed E-state index contributed by atoms with van der Waals surface area (Å²) in [5.41, 5.74) is 0.202.